The molecule has 0 spiro atoms. The van der Waals surface area contributed by atoms with Gasteiger partial charge in [0.15, 0.2) is 0 Å². The normalized spacial score (nSPS) is 14.5. The Labute approximate surface area is 185 Å². The van der Waals surface area contributed by atoms with Gasteiger partial charge in [-0.25, -0.2) is 0 Å². The van der Waals surface area contributed by atoms with Gasteiger partial charge in [0.2, 0.25) is 8.32 Å². The zero-order valence-electron chi connectivity index (χ0n) is 19.4. The lowest BCUT2D eigenvalue weighted by atomic mass is 9.98. The maximum Gasteiger partial charge on any atom is 0.218 e. The Bertz CT molecular complexity index is 921. The molecule has 3 heteroatoms. The van der Waals surface area contributed by atoms with Gasteiger partial charge in [-0.1, -0.05) is 123 Å². The predicted octanol–water partition coefficient (Wildman–Crippen LogP) is 5.91. The third-order valence-corrected chi connectivity index (χ3v) is 14.3. The van der Waals surface area contributed by atoms with E-state index in [-0.39, 0.29) is 5.22 Å². The third-order valence-electron chi connectivity index (χ3n) is 6.70. The summed E-state index contributed by atoms with van der Waals surface area (Å²) in [5.74, 6) is 0.398. The molecule has 0 fully saturated rings. The quantitative estimate of drug-likeness (QED) is 0.402. The summed E-state index contributed by atoms with van der Waals surface area (Å²) in [4.78, 5) is 0. The molecule has 1 atom stereocenters. The maximum atomic E-state index is 7.50. The summed E-state index contributed by atoms with van der Waals surface area (Å²) in [6.07, 6.45) is 0.947. The molecule has 0 aromatic heterocycles. The summed E-state index contributed by atoms with van der Waals surface area (Å²) in [6.45, 7) is 14.4. The summed E-state index contributed by atoms with van der Waals surface area (Å²) >= 11 is 0. The van der Waals surface area contributed by atoms with Crippen molar-refractivity contribution in [3.8, 4) is 0 Å². The van der Waals surface area contributed by atoms with Crippen LogP contribution in [0.3, 0.4) is 0 Å². The first-order valence-electron chi connectivity index (χ1n) is 11.0. The van der Waals surface area contributed by atoms with Crippen molar-refractivity contribution in [3.63, 3.8) is 0 Å². The monoisotopic (exact) mass is 432 g/mol. The Balaban J connectivity index is 2.16. The van der Waals surface area contributed by atoms with Gasteiger partial charge in [0.25, 0.3) is 0 Å². The Morgan fingerprint density at radius 2 is 1.10 bits per heavy atom. The minimum Gasteiger partial charge on any atom is -0.409 e. The van der Waals surface area contributed by atoms with Gasteiger partial charge in [0.05, 0.1) is 5.22 Å². The van der Waals surface area contributed by atoms with Crippen LogP contribution >= 0.6 is 0 Å². The highest BCUT2D eigenvalue weighted by Crippen LogP contribution is 2.38. The molecule has 3 aromatic carbocycles. The lowest BCUT2D eigenvalue weighted by Crippen LogP contribution is -2.71. The van der Waals surface area contributed by atoms with Crippen LogP contribution in [0.25, 0.3) is 0 Å². The number of hydrogen-bond acceptors (Lipinski definition) is 1. The fourth-order valence-corrected chi connectivity index (χ4v) is 12.5. The van der Waals surface area contributed by atoms with Crippen LogP contribution in [0.15, 0.2) is 91.0 Å². The minimum atomic E-state index is -2.14. The molecule has 0 saturated carbocycles. The van der Waals surface area contributed by atoms with Crippen LogP contribution in [-0.2, 0) is 10.8 Å². The van der Waals surface area contributed by atoms with Crippen LogP contribution in [-0.4, -0.2) is 21.6 Å². The highest BCUT2D eigenvalue weighted by Gasteiger charge is 2.53. The van der Waals surface area contributed by atoms with Crippen molar-refractivity contribution in [2.75, 3.05) is 0 Å². The molecule has 0 amide bonds. The third kappa shape index (κ3) is 4.53. The Morgan fingerprint density at radius 1 is 0.667 bits per heavy atom. The van der Waals surface area contributed by atoms with Crippen molar-refractivity contribution >= 4 is 26.8 Å². The van der Waals surface area contributed by atoms with Gasteiger partial charge in [-0.15, -0.1) is 0 Å². The lowest BCUT2D eigenvalue weighted by molar-refractivity contribution is 0.0894. The van der Waals surface area contributed by atoms with E-state index >= 15 is 0 Å². The van der Waals surface area contributed by atoms with Gasteiger partial charge in [0.1, 0.15) is 8.07 Å². The highest BCUT2D eigenvalue weighted by atomic mass is 28.4. The second-order valence-electron chi connectivity index (χ2n) is 9.68. The Kier molecular flexibility index (Phi) is 6.86. The standard InChI is InChI=1S/C27H36OSi2/c1-23(2)27(22-24-16-10-7-11-17-24,29(3,4)25-18-12-8-13-19-25)28-30(5,6)26-20-14-9-15-21-26/h7-21,23H,22H2,1-6H3. The van der Waals surface area contributed by atoms with E-state index in [9.17, 15) is 0 Å². The van der Waals surface area contributed by atoms with Crippen LogP contribution in [0.5, 0.6) is 0 Å². The predicted molar refractivity (Wildman–Crippen MR) is 136 cm³/mol. The van der Waals surface area contributed by atoms with Crippen molar-refractivity contribution in [1.82, 2.24) is 0 Å². The summed E-state index contributed by atoms with van der Waals surface area (Å²) in [5.41, 5.74) is 1.36. The number of hydrogen-bond donors (Lipinski definition) is 0. The molecule has 30 heavy (non-hydrogen) atoms. The van der Waals surface area contributed by atoms with Crippen molar-refractivity contribution in [2.24, 2.45) is 5.92 Å². The smallest absolute Gasteiger partial charge is 0.218 e. The second kappa shape index (κ2) is 9.05. The average Bonchev–Trinajstić information content (AvgIpc) is 2.75. The van der Waals surface area contributed by atoms with E-state index in [4.69, 9.17) is 4.43 Å². The first-order valence-corrected chi connectivity index (χ1v) is 16.9. The minimum absolute atomic E-state index is 0.207. The zero-order valence-corrected chi connectivity index (χ0v) is 21.4. The van der Waals surface area contributed by atoms with E-state index in [1.807, 2.05) is 0 Å². The first kappa shape index (κ1) is 22.7. The van der Waals surface area contributed by atoms with Gasteiger partial charge >= 0.3 is 0 Å². The van der Waals surface area contributed by atoms with E-state index in [0.717, 1.165) is 6.42 Å². The highest BCUT2D eigenvalue weighted by molar-refractivity contribution is 6.93. The lowest BCUT2D eigenvalue weighted by Gasteiger charge is -2.52. The van der Waals surface area contributed by atoms with E-state index < -0.39 is 16.4 Å². The molecule has 0 radical (unpaired) electrons. The second-order valence-corrected chi connectivity index (χ2v) is 18.2. The van der Waals surface area contributed by atoms with Crippen molar-refractivity contribution in [1.29, 1.82) is 0 Å². The van der Waals surface area contributed by atoms with E-state index in [1.54, 1.807) is 0 Å². The summed E-state index contributed by atoms with van der Waals surface area (Å²) in [5, 5.41) is 2.62. The molecule has 0 bridgehead atoms. The van der Waals surface area contributed by atoms with Crippen LogP contribution in [0.4, 0.5) is 0 Å². The van der Waals surface area contributed by atoms with Crippen LogP contribution in [0.2, 0.25) is 26.2 Å². The van der Waals surface area contributed by atoms with Crippen LogP contribution < -0.4 is 10.4 Å². The molecule has 0 heterocycles. The van der Waals surface area contributed by atoms with Crippen molar-refractivity contribution in [2.45, 2.75) is 51.7 Å². The molecule has 0 aliphatic carbocycles. The topological polar surface area (TPSA) is 9.23 Å². The van der Waals surface area contributed by atoms with Gasteiger partial charge in [-0.2, -0.15) is 0 Å². The summed E-state index contributed by atoms with van der Waals surface area (Å²) in [7, 11) is -4.17. The largest absolute Gasteiger partial charge is 0.409 e. The van der Waals surface area contributed by atoms with Gasteiger partial charge in [-0.3, -0.25) is 0 Å². The molecule has 0 N–H and O–H groups in total. The molecule has 1 unspecified atom stereocenters. The molecular formula is C27H36OSi2. The number of benzene rings is 3. The van der Waals surface area contributed by atoms with Gasteiger partial charge in [0, 0.05) is 0 Å². The molecule has 0 aliphatic heterocycles. The zero-order chi connectivity index (χ0) is 21.8. The maximum absolute atomic E-state index is 7.50. The molecule has 3 aromatic rings. The molecule has 0 saturated heterocycles. The van der Waals surface area contributed by atoms with Crippen molar-refractivity contribution < 1.29 is 4.43 Å². The first-order chi connectivity index (χ1) is 14.2. The van der Waals surface area contributed by atoms with Gasteiger partial charge in [-0.05, 0) is 36.2 Å². The fourth-order valence-electron chi connectivity index (χ4n) is 4.78. The average molecular weight is 433 g/mol. The Hall–Kier alpha value is -1.95. The molecule has 1 nitrogen and oxygen atoms in total. The molecule has 0 aliphatic rings. The number of rotatable bonds is 8. The van der Waals surface area contributed by atoms with Crippen LogP contribution in [0.1, 0.15) is 19.4 Å². The summed E-state index contributed by atoms with van der Waals surface area (Å²) in [6, 6.07) is 32.9. The van der Waals surface area contributed by atoms with E-state index in [1.165, 1.54) is 15.9 Å². The molecular weight excluding hydrogens is 396 g/mol. The summed E-state index contributed by atoms with van der Waals surface area (Å²) < 4.78 is 7.50. The van der Waals surface area contributed by atoms with E-state index in [2.05, 4.69) is 131 Å². The van der Waals surface area contributed by atoms with E-state index in [0.29, 0.717) is 5.92 Å². The van der Waals surface area contributed by atoms with Gasteiger partial charge < -0.3 is 4.43 Å². The molecule has 158 valence electrons. The van der Waals surface area contributed by atoms with Crippen LogP contribution in [0, 0.1) is 5.92 Å². The Morgan fingerprint density at radius 3 is 1.57 bits per heavy atom. The van der Waals surface area contributed by atoms with Crippen molar-refractivity contribution in [3.05, 3.63) is 96.6 Å². The fraction of sp³-hybridized carbons (Fsp3) is 0.333. The molecule has 3 rings (SSSR count). The SMILES string of the molecule is CC(C)C(Cc1ccccc1)(O[Si](C)(C)c1ccccc1)[Si](C)(C)c1ccccc1.